The number of rotatable bonds is 7. The third kappa shape index (κ3) is 4.06. The van der Waals surface area contributed by atoms with Crippen LogP contribution < -0.4 is 5.32 Å². The maximum absolute atomic E-state index is 12.2. The van der Waals surface area contributed by atoms with Gasteiger partial charge in [0.25, 0.3) is 5.91 Å². The Morgan fingerprint density at radius 3 is 2.90 bits per heavy atom. The van der Waals surface area contributed by atoms with Gasteiger partial charge in [0, 0.05) is 17.4 Å². The normalized spacial score (nSPS) is 14.9. The second-order valence-corrected chi connectivity index (χ2v) is 6.11. The van der Waals surface area contributed by atoms with Gasteiger partial charge in [-0.2, -0.15) is 0 Å². The zero-order chi connectivity index (χ0) is 14.4. The smallest absolute Gasteiger partial charge is 0.251 e. The molecule has 1 amide bonds. The van der Waals surface area contributed by atoms with Crippen LogP contribution in [0.3, 0.4) is 0 Å². The van der Waals surface area contributed by atoms with E-state index in [4.69, 9.17) is 4.74 Å². The molecule has 2 rings (SSSR count). The van der Waals surface area contributed by atoms with Gasteiger partial charge in [0.2, 0.25) is 0 Å². The maximum Gasteiger partial charge on any atom is 0.251 e. The summed E-state index contributed by atoms with van der Waals surface area (Å²) in [5.74, 6) is 0.580. The Balaban J connectivity index is 1.91. The minimum atomic E-state index is 0.0235. The summed E-state index contributed by atoms with van der Waals surface area (Å²) < 4.78 is 5.37. The van der Waals surface area contributed by atoms with Gasteiger partial charge in [-0.15, -0.1) is 0 Å². The summed E-state index contributed by atoms with van der Waals surface area (Å²) >= 11 is 3.48. The largest absolute Gasteiger partial charge is 0.372 e. The number of amides is 1. The monoisotopic (exact) mass is 339 g/mol. The molecule has 0 fully saturated rings. The molecule has 0 aromatic heterocycles. The van der Waals surface area contributed by atoms with E-state index in [-0.39, 0.29) is 5.91 Å². The molecule has 0 spiro atoms. The Bertz CT molecular complexity index is 456. The molecule has 1 heterocycles. The molecule has 1 aromatic rings. The zero-order valence-corrected chi connectivity index (χ0v) is 13.5. The first-order valence-electron chi connectivity index (χ1n) is 7.28. The highest BCUT2D eigenvalue weighted by atomic mass is 79.9. The molecule has 4 heteroatoms. The lowest BCUT2D eigenvalue weighted by atomic mass is 10.0. The number of fused-ring (bicyclic) bond motifs is 1. The molecule has 1 aliphatic rings. The van der Waals surface area contributed by atoms with E-state index >= 15 is 0 Å². The van der Waals surface area contributed by atoms with Gasteiger partial charge in [0.1, 0.15) is 0 Å². The molecule has 0 saturated heterocycles. The van der Waals surface area contributed by atoms with Gasteiger partial charge < -0.3 is 10.1 Å². The van der Waals surface area contributed by atoms with Crippen molar-refractivity contribution in [2.24, 2.45) is 5.92 Å². The van der Waals surface area contributed by atoms with Gasteiger partial charge in [-0.05, 0) is 42.0 Å². The van der Waals surface area contributed by atoms with Crippen molar-refractivity contribution in [2.75, 3.05) is 11.9 Å². The Kier molecular flexibility index (Phi) is 6.05. The average molecular weight is 340 g/mol. The summed E-state index contributed by atoms with van der Waals surface area (Å²) in [6.45, 7) is 4.23. The molecule has 0 saturated carbocycles. The highest BCUT2D eigenvalue weighted by Gasteiger charge is 2.15. The fraction of sp³-hybridized carbons (Fsp3) is 0.562. The molecular weight excluding hydrogens is 318 g/mol. The van der Waals surface area contributed by atoms with Crippen molar-refractivity contribution in [3.05, 3.63) is 34.9 Å². The molecule has 1 N–H and O–H groups in total. The van der Waals surface area contributed by atoms with E-state index in [0.29, 0.717) is 19.1 Å². The van der Waals surface area contributed by atoms with Crippen LogP contribution in [0.4, 0.5) is 0 Å². The van der Waals surface area contributed by atoms with E-state index < -0.39 is 0 Å². The highest BCUT2D eigenvalue weighted by Crippen LogP contribution is 2.21. The van der Waals surface area contributed by atoms with E-state index in [1.807, 2.05) is 18.2 Å². The van der Waals surface area contributed by atoms with Crippen molar-refractivity contribution in [3.63, 3.8) is 0 Å². The van der Waals surface area contributed by atoms with Crippen molar-refractivity contribution >= 4 is 21.8 Å². The van der Waals surface area contributed by atoms with E-state index in [1.54, 1.807) is 0 Å². The zero-order valence-electron chi connectivity index (χ0n) is 12.0. The molecule has 0 aliphatic carbocycles. The van der Waals surface area contributed by atoms with Gasteiger partial charge in [-0.25, -0.2) is 0 Å². The first-order valence-corrected chi connectivity index (χ1v) is 8.40. The summed E-state index contributed by atoms with van der Waals surface area (Å²) in [5, 5.41) is 4.05. The summed E-state index contributed by atoms with van der Waals surface area (Å²) in [5.41, 5.74) is 3.08. The molecule has 1 unspecified atom stereocenters. The van der Waals surface area contributed by atoms with Crippen LogP contribution in [-0.2, 0) is 18.0 Å². The predicted octanol–water partition coefficient (Wildman–Crippen LogP) is 3.65. The molecule has 20 heavy (non-hydrogen) atoms. The fourth-order valence-corrected chi connectivity index (χ4v) is 3.21. The van der Waals surface area contributed by atoms with Crippen molar-refractivity contribution < 1.29 is 9.53 Å². The third-order valence-electron chi connectivity index (χ3n) is 3.75. The minimum Gasteiger partial charge on any atom is -0.372 e. The molecule has 110 valence electrons. The molecule has 1 atom stereocenters. The van der Waals surface area contributed by atoms with Crippen molar-refractivity contribution in [1.29, 1.82) is 0 Å². The van der Waals surface area contributed by atoms with E-state index in [1.165, 1.54) is 5.56 Å². The lowest BCUT2D eigenvalue weighted by Crippen LogP contribution is -2.29. The van der Waals surface area contributed by atoms with Crippen LogP contribution in [0.1, 0.15) is 47.7 Å². The minimum absolute atomic E-state index is 0.0235. The van der Waals surface area contributed by atoms with Crippen LogP contribution in [0.15, 0.2) is 18.2 Å². The lowest BCUT2D eigenvalue weighted by molar-refractivity contribution is 0.0946. The van der Waals surface area contributed by atoms with Crippen LogP contribution in [0, 0.1) is 5.92 Å². The number of carbonyl (C=O) groups is 1. The van der Waals surface area contributed by atoms with Crippen LogP contribution in [0.2, 0.25) is 0 Å². The summed E-state index contributed by atoms with van der Waals surface area (Å²) in [6.07, 6.45) is 3.42. The van der Waals surface area contributed by atoms with Crippen molar-refractivity contribution in [2.45, 2.75) is 39.4 Å². The number of nitrogens with one attached hydrogen (secondary N) is 1. The number of carbonyl (C=O) groups excluding carboxylic acids is 1. The summed E-state index contributed by atoms with van der Waals surface area (Å²) in [6, 6.07) is 5.85. The lowest BCUT2D eigenvalue weighted by Gasteiger charge is -2.15. The molecule has 1 aromatic carbocycles. The van der Waals surface area contributed by atoms with Gasteiger partial charge in [0.05, 0.1) is 13.2 Å². The number of hydrogen-bond donors (Lipinski definition) is 1. The van der Waals surface area contributed by atoms with E-state index in [0.717, 1.165) is 42.3 Å². The topological polar surface area (TPSA) is 38.3 Å². The van der Waals surface area contributed by atoms with Crippen LogP contribution in [0.5, 0.6) is 0 Å². The predicted molar refractivity (Wildman–Crippen MR) is 84.1 cm³/mol. The second-order valence-electron chi connectivity index (χ2n) is 5.32. The van der Waals surface area contributed by atoms with Gasteiger partial charge in [-0.1, -0.05) is 35.3 Å². The first kappa shape index (κ1) is 15.5. The Morgan fingerprint density at radius 1 is 1.35 bits per heavy atom. The van der Waals surface area contributed by atoms with Gasteiger partial charge >= 0.3 is 0 Å². The van der Waals surface area contributed by atoms with Gasteiger partial charge in [-0.3, -0.25) is 4.79 Å². The van der Waals surface area contributed by atoms with E-state index in [2.05, 4.69) is 28.2 Å². The molecule has 3 nitrogen and oxygen atoms in total. The number of alkyl halides is 1. The average Bonchev–Trinajstić information content (AvgIpc) is 2.92. The Labute approximate surface area is 129 Å². The standard InChI is InChI=1S/C16H22BrNO2/c1-2-3-12(6-7-17)9-18-16(19)13-4-5-14-10-20-11-15(14)8-13/h4-5,8,12H,2-3,6-7,9-11H2,1H3,(H,18,19). The SMILES string of the molecule is CCCC(CCBr)CNC(=O)c1ccc2c(c1)COC2. The second kappa shape index (κ2) is 7.79. The number of ether oxygens (including phenoxy) is 1. The number of hydrogen-bond acceptors (Lipinski definition) is 2. The number of halogens is 1. The maximum atomic E-state index is 12.2. The fourth-order valence-electron chi connectivity index (χ4n) is 2.56. The quantitative estimate of drug-likeness (QED) is 0.770. The Hall–Kier alpha value is -0.870. The van der Waals surface area contributed by atoms with Gasteiger partial charge in [0.15, 0.2) is 0 Å². The Morgan fingerprint density at radius 2 is 2.15 bits per heavy atom. The van der Waals surface area contributed by atoms with Crippen molar-refractivity contribution in [1.82, 2.24) is 5.32 Å². The highest BCUT2D eigenvalue weighted by molar-refractivity contribution is 9.09. The van der Waals surface area contributed by atoms with Crippen LogP contribution in [0.25, 0.3) is 0 Å². The molecule has 1 aliphatic heterocycles. The number of benzene rings is 1. The molecule has 0 bridgehead atoms. The first-order chi connectivity index (χ1) is 9.74. The summed E-state index contributed by atoms with van der Waals surface area (Å²) in [7, 11) is 0. The third-order valence-corrected chi connectivity index (χ3v) is 4.21. The molecular formula is C16H22BrNO2. The van der Waals surface area contributed by atoms with Crippen molar-refractivity contribution in [3.8, 4) is 0 Å². The summed E-state index contributed by atoms with van der Waals surface area (Å²) in [4.78, 5) is 12.2. The molecule has 0 radical (unpaired) electrons. The van der Waals surface area contributed by atoms with Crippen LogP contribution in [-0.4, -0.2) is 17.8 Å². The van der Waals surface area contributed by atoms with Crippen LogP contribution >= 0.6 is 15.9 Å². The van der Waals surface area contributed by atoms with E-state index in [9.17, 15) is 4.79 Å².